The minimum Gasteiger partial charge on any atom is -0.484 e. The summed E-state index contributed by atoms with van der Waals surface area (Å²) in [6.07, 6.45) is 6.23. The van der Waals surface area contributed by atoms with Gasteiger partial charge in [0.25, 0.3) is 0 Å². The third-order valence-electron chi connectivity index (χ3n) is 3.97. The van der Waals surface area contributed by atoms with Gasteiger partial charge in [-0.15, -0.1) is 10.2 Å². The number of aryl methyl sites for hydroxylation is 1. The number of halogens is 1. The third kappa shape index (κ3) is 3.82. The molecule has 3 aromatic rings. The van der Waals surface area contributed by atoms with Crippen LogP contribution in [0.25, 0.3) is 0 Å². The molecule has 0 N–H and O–H groups in total. The minimum absolute atomic E-state index is 0.362. The van der Waals surface area contributed by atoms with E-state index in [0.29, 0.717) is 23.4 Å². The Bertz CT molecular complexity index is 874. The molecule has 1 fully saturated rings. The second-order valence-electron chi connectivity index (χ2n) is 6.03. The Labute approximate surface area is 155 Å². The molecule has 1 aliphatic rings. The van der Waals surface area contributed by atoms with Crippen molar-refractivity contribution in [1.82, 2.24) is 24.5 Å². The van der Waals surface area contributed by atoms with Gasteiger partial charge in [0.2, 0.25) is 0 Å². The van der Waals surface area contributed by atoms with Crippen molar-refractivity contribution in [3.8, 4) is 5.75 Å². The van der Waals surface area contributed by atoms with Gasteiger partial charge < -0.3 is 4.74 Å². The van der Waals surface area contributed by atoms with E-state index in [1.807, 2.05) is 48.4 Å². The molecule has 0 atom stereocenters. The summed E-state index contributed by atoms with van der Waals surface area (Å²) < 4.78 is 9.86. The van der Waals surface area contributed by atoms with E-state index in [9.17, 15) is 0 Å². The summed E-state index contributed by atoms with van der Waals surface area (Å²) in [4.78, 5) is 0. The number of thioether (sulfide) groups is 1. The van der Waals surface area contributed by atoms with Crippen molar-refractivity contribution in [3.63, 3.8) is 0 Å². The van der Waals surface area contributed by atoms with Gasteiger partial charge in [-0.1, -0.05) is 35.5 Å². The highest BCUT2D eigenvalue weighted by atomic mass is 35.5. The lowest BCUT2D eigenvalue weighted by molar-refractivity contribution is 0.288. The van der Waals surface area contributed by atoms with E-state index in [4.69, 9.17) is 16.3 Å². The van der Waals surface area contributed by atoms with Gasteiger partial charge in [-0.25, -0.2) is 0 Å². The van der Waals surface area contributed by atoms with Crippen LogP contribution in [0.3, 0.4) is 0 Å². The highest BCUT2D eigenvalue weighted by Crippen LogP contribution is 2.39. The molecule has 2 heterocycles. The molecule has 0 spiro atoms. The SMILES string of the molecule is Cn1cc(CSc2nnc(COc3ccccc3Cl)n2C2CC2)cn1. The molecule has 0 amide bonds. The summed E-state index contributed by atoms with van der Waals surface area (Å²) >= 11 is 7.83. The lowest BCUT2D eigenvalue weighted by Gasteiger charge is -2.10. The first-order chi connectivity index (χ1) is 12.2. The average molecular weight is 376 g/mol. The quantitative estimate of drug-likeness (QED) is 0.587. The van der Waals surface area contributed by atoms with Crippen LogP contribution in [-0.4, -0.2) is 24.5 Å². The maximum atomic E-state index is 6.15. The summed E-state index contributed by atoms with van der Waals surface area (Å²) in [6.45, 7) is 0.362. The van der Waals surface area contributed by atoms with E-state index in [1.54, 1.807) is 11.8 Å². The Balaban J connectivity index is 1.47. The van der Waals surface area contributed by atoms with Gasteiger partial charge >= 0.3 is 0 Å². The molecule has 6 nitrogen and oxygen atoms in total. The van der Waals surface area contributed by atoms with Crippen molar-refractivity contribution in [2.45, 2.75) is 36.4 Å². The topological polar surface area (TPSA) is 57.8 Å². The van der Waals surface area contributed by atoms with Crippen LogP contribution in [0.15, 0.2) is 41.8 Å². The van der Waals surface area contributed by atoms with Gasteiger partial charge in [0.1, 0.15) is 12.4 Å². The molecule has 0 radical (unpaired) electrons. The second-order valence-corrected chi connectivity index (χ2v) is 7.38. The maximum Gasteiger partial charge on any atom is 0.191 e. The van der Waals surface area contributed by atoms with Crippen LogP contribution in [0.4, 0.5) is 0 Å². The highest BCUT2D eigenvalue weighted by molar-refractivity contribution is 7.98. The molecule has 4 rings (SSSR count). The summed E-state index contributed by atoms with van der Waals surface area (Å²) in [6, 6.07) is 7.95. The summed E-state index contributed by atoms with van der Waals surface area (Å²) in [5.41, 5.74) is 1.17. The Morgan fingerprint density at radius 2 is 2.12 bits per heavy atom. The molecule has 0 bridgehead atoms. The van der Waals surface area contributed by atoms with Crippen molar-refractivity contribution in [2.75, 3.05) is 0 Å². The van der Waals surface area contributed by atoms with Gasteiger partial charge in [-0.3, -0.25) is 9.25 Å². The van der Waals surface area contributed by atoms with E-state index >= 15 is 0 Å². The normalized spacial score (nSPS) is 14.0. The number of hydrogen-bond donors (Lipinski definition) is 0. The summed E-state index contributed by atoms with van der Waals surface area (Å²) in [7, 11) is 1.92. The van der Waals surface area contributed by atoms with Crippen molar-refractivity contribution in [1.29, 1.82) is 0 Å². The number of ether oxygens (including phenoxy) is 1. The molecule has 1 aromatic carbocycles. The lowest BCUT2D eigenvalue weighted by Crippen LogP contribution is -2.07. The Hall–Kier alpha value is -1.99. The second kappa shape index (κ2) is 7.09. The number of nitrogens with zero attached hydrogens (tertiary/aromatic N) is 5. The molecule has 1 saturated carbocycles. The standard InChI is InChI=1S/C17H18ClN5OS/c1-22-9-12(8-19-22)11-25-17-21-20-16(23(17)13-6-7-13)10-24-15-5-3-2-4-14(15)18/h2-5,8-9,13H,6-7,10-11H2,1H3. The predicted octanol–water partition coefficient (Wildman–Crippen LogP) is 3.87. The van der Waals surface area contributed by atoms with Crippen LogP contribution in [0.2, 0.25) is 5.02 Å². The zero-order chi connectivity index (χ0) is 17.2. The molecule has 130 valence electrons. The van der Waals surface area contributed by atoms with Crippen molar-refractivity contribution >= 4 is 23.4 Å². The van der Waals surface area contributed by atoms with Crippen LogP contribution in [-0.2, 0) is 19.4 Å². The van der Waals surface area contributed by atoms with Gasteiger partial charge in [0.15, 0.2) is 11.0 Å². The van der Waals surface area contributed by atoms with Crippen LogP contribution in [0.5, 0.6) is 5.75 Å². The first-order valence-electron chi connectivity index (χ1n) is 8.12. The van der Waals surface area contributed by atoms with Crippen LogP contribution >= 0.6 is 23.4 Å². The Morgan fingerprint density at radius 3 is 2.84 bits per heavy atom. The smallest absolute Gasteiger partial charge is 0.191 e. The molecule has 0 aliphatic heterocycles. The lowest BCUT2D eigenvalue weighted by atomic mass is 10.3. The Morgan fingerprint density at radius 1 is 1.28 bits per heavy atom. The monoisotopic (exact) mass is 375 g/mol. The first kappa shape index (κ1) is 16.5. The van der Waals surface area contributed by atoms with Gasteiger partial charge in [0, 0.05) is 30.6 Å². The van der Waals surface area contributed by atoms with Crippen molar-refractivity contribution < 1.29 is 4.74 Å². The predicted molar refractivity (Wildman–Crippen MR) is 96.8 cm³/mol. The fraction of sp³-hybridized carbons (Fsp3) is 0.353. The molecule has 0 unspecified atom stereocenters. The average Bonchev–Trinajstić information content (AvgIpc) is 3.23. The van der Waals surface area contributed by atoms with E-state index in [1.165, 1.54) is 5.56 Å². The number of rotatable bonds is 7. The zero-order valence-electron chi connectivity index (χ0n) is 13.8. The van der Waals surface area contributed by atoms with Crippen molar-refractivity contribution in [2.24, 2.45) is 7.05 Å². The highest BCUT2D eigenvalue weighted by Gasteiger charge is 2.29. The maximum absolute atomic E-state index is 6.15. The summed E-state index contributed by atoms with van der Waals surface area (Å²) in [5.74, 6) is 2.33. The molecule has 8 heteroatoms. The molecular formula is C17H18ClN5OS. The zero-order valence-corrected chi connectivity index (χ0v) is 15.4. The Kier molecular flexibility index (Phi) is 4.67. The summed E-state index contributed by atoms with van der Waals surface area (Å²) in [5, 5.41) is 14.5. The number of aromatic nitrogens is 5. The van der Waals surface area contributed by atoms with Crippen LogP contribution in [0, 0.1) is 0 Å². The molecular weight excluding hydrogens is 358 g/mol. The van der Waals surface area contributed by atoms with Crippen LogP contribution < -0.4 is 4.74 Å². The van der Waals surface area contributed by atoms with E-state index < -0.39 is 0 Å². The molecule has 0 saturated heterocycles. The van der Waals surface area contributed by atoms with Gasteiger partial charge in [-0.2, -0.15) is 5.10 Å². The van der Waals surface area contributed by atoms with Crippen LogP contribution in [0.1, 0.15) is 30.3 Å². The third-order valence-corrected chi connectivity index (χ3v) is 5.29. The number of para-hydroxylation sites is 1. The van der Waals surface area contributed by atoms with E-state index in [2.05, 4.69) is 19.9 Å². The molecule has 1 aliphatic carbocycles. The van der Waals surface area contributed by atoms with Crippen molar-refractivity contribution in [3.05, 3.63) is 53.1 Å². The fourth-order valence-corrected chi connectivity index (χ4v) is 3.73. The van der Waals surface area contributed by atoms with Gasteiger partial charge in [-0.05, 0) is 25.0 Å². The van der Waals surface area contributed by atoms with E-state index in [0.717, 1.165) is 29.6 Å². The van der Waals surface area contributed by atoms with Gasteiger partial charge in [0.05, 0.1) is 11.2 Å². The number of hydrogen-bond acceptors (Lipinski definition) is 5. The number of benzene rings is 1. The van der Waals surface area contributed by atoms with E-state index in [-0.39, 0.29) is 0 Å². The fourth-order valence-electron chi connectivity index (χ4n) is 2.60. The largest absolute Gasteiger partial charge is 0.484 e. The molecule has 25 heavy (non-hydrogen) atoms. The molecule has 2 aromatic heterocycles. The minimum atomic E-state index is 0.362. The first-order valence-corrected chi connectivity index (χ1v) is 9.48.